The summed E-state index contributed by atoms with van der Waals surface area (Å²) in [5.74, 6) is 0. The van der Waals surface area contributed by atoms with Crippen LogP contribution in [-0.2, 0) is 47.4 Å². The van der Waals surface area contributed by atoms with Gasteiger partial charge in [0.25, 0.3) is 0 Å². The summed E-state index contributed by atoms with van der Waals surface area (Å²) in [6.07, 6.45) is 0. The van der Waals surface area contributed by atoms with Crippen molar-refractivity contribution in [3.05, 3.63) is 0 Å². The van der Waals surface area contributed by atoms with Crippen molar-refractivity contribution in [1.29, 1.82) is 0 Å². The molecule has 0 aliphatic rings. The normalized spacial score (nSPS) is 1.20. The van der Waals surface area contributed by atoms with Crippen LogP contribution in [0.4, 0.5) is 0 Å². The third kappa shape index (κ3) is 18.0. The Kier molecular flexibility index (Phi) is 113. The molecule has 0 aliphatic carbocycles. The van der Waals surface area contributed by atoms with Gasteiger partial charge in [0.1, 0.15) is 0 Å². The Labute approximate surface area is 127 Å². The average Bonchev–Trinajstić information content (AvgIpc) is 1.00. The Balaban J connectivity index is -0.00000000167. The van der Waals surface area contributed by atoms with Crippen molar-refractivity contribution in [2.24, 2.45) is 0 Å². The van der Waals surface area contributed by atoms with Crippen LogP contribution in [0.5, 0.6) is 0 Å². The van der Waals surface area contributed by atoms with E-state index in [1.54, 1.807) is 0 Å². The standard InChI is InChI=1S/Ca.Cu.Hg.O.Sr. The molecule has 0 spiro atoms. The zero-order chi connectivity index (χ0) is 2.00. The minimum atomic E-state index is 0. The van der Waals surface area contributed by atoms with Crippen LogP contribution in [-0.4, -0.2) is 83.2 Å². The molecule has 0 aliphatic heterocycles. The van der Waals surface area contributed by atoms with Crippen molar-refractivity contribution < 1.29 is 47.4 Å². The van der Waals surface area contributed by atoms with Gasteiger partial charge in [0, 0.05) is 111 Å². The van der Waals surface area contributed by atoms with E-state index in [1.807, 2.05) is 0 Å². The Morgan fingerprint density at radius 3 is 1.20 bits per heavy atom. The molecule has 5 heteroatoms. The first-order valence-electron chi connectivity index (χ1n) is 0.123. The fourth-order valence-corrected chi connectivity index (χ4v) is 0. The van der Waals surface area contributed by atoms with E-state index in [4.69, 9.17) is 3.83 Å². The van der Waals surface area contributed by atoms with Crippen LogP contribution in [0.25, 0.3) is 0 Å². The van der Waals surface area contributed by atoms with Gasteiger partial charge in [0.15, 0.2) is 0 Å². The van der Waals surface area contributed by atoms with Crippen LogP contribution in [0.3, 0.4) is 0 Å². The third-order valence-corrected chi connectivity index (χ3v) is 0. The predicted molar refractivity (Wildman–Crippen MR) is 12.2 cm³/mol. The first-order valence-corrected chi connectivity index (χ1v) is 0.508. The molecule has 23 valence electrons. The summed E-state index contributed by atoms with van der Waals surface area (Å²) in [6, 6.07) is 0. The van der Waals surface area contributed by atoms with Gasteiger partial charge < -0.3 is 0 Å². The fourth-order valence-electron chi connectivity index (χ4n) is 0. The minimum absolute atomic E-state index is 0. The van der Waals surface area contributed by atoms with Gasteiger partial charge in [0.05, 0.1) is 0 Å². The molecule has 0 unspecified atom stereocenters. The van der Waals surface area contributed by atoms with E-state index in [0.717, 1.165) is 0 Å². The van der Waals surface area contributed by atoms with Crippen LogP contribution in [0.1, 0.15) is 0 Å². The van der Waals surface area contributed by atoms with Gasteiger partial charge in [-0.2, -0.15) is 0 Å². The summed E-state index contributed by atoms with van der Waals surface area (Å²) in [4.78, 5) is 0. The average molecular weight is 408 g/mol. The van der Waals surface area contributed by atoms with E-state index in [9.17, 15) is 0 Å². The maximum atomic E-state index is 7.81. The van der Waals surface area contributed by atoms with Crippen LogP contribution in [0, 0.1) is 0 Å². The second kappa shape index (κ2) is 24.5. The molecule has 0 aromatic carbocycles. The van der Waals surface area contributed by atoms with Crippen molar-refractivity contribution in [2.75, 3.05) is 0 Å². The van der Waals surface area contributed by atoms with Crippen molar-refractivity contribution in [3.63, 3.8) is 0 Å². The fraction of sp³-hybridized carbons (Fsp3) is 0. The van der Waals surface area contributed by atoms with Crippen LogP contribution in [0.15, 0.2) is 0 Å². The summed E-state index contributed by atoms with van der Waals surface area (Å²) in [5, 5.41) is 0. The smallest absolute Gasteiger partial charge is 0 e. The van der Waals surface area contributed by atoms with Gasteiger partial charge in [-0.15, -0.1) is 0 Å². The number of hydrogen-bond acceptors (Lipinski definition) is 1. The topological polar surface area (TPSA) is 17.1 Å². The summed E-state index contributed by atoms with van der Waals surface area (Å²) in [5.41, 5.74) is 0. The van der Waals surface area contributed by atoms with Crippen molar-refractivity contribution in [2.45, 2.75) is 0 Å². The summed E-state index contributed by atoms with van der Waals surface area (Å²) in [6.45, 7) is 0. The summed E-state index contributed by atoms with van der Waals surface area (Å²) in [7, 11) is 0. The maximum absolute atomic E-state index is 7.81. The molecular formula is CaCuHgOSr. The molecule has 0 aromatic rings. The second-order valence-corrected chi connectivity index (χ2v) is 0. The molecule has 0 fully saturated rings. The van der Waals surface area contributed by atoms with Crippen molar-refractivity contribution in [1.82, 2.24) is 0 Å². The van der Waals surface area contributed by atoms with Crippen LogP contribution < -0.4 is 0 Å². The molecule has 0 aromatic heterocycles. The first-order chi connectivity index (χ1) is 1.00. The van der Waals surface area contributed by atoms with Gasteiger partial charge in [-0.3, -0.25) is 0 Å². The quantitative estimate of drug-likeness (QED) is 0.476. The van der Waals surface area contributed by atoms with E-state index >= 15 is 0 Å². The van der Waals surface area contributed by atoms with Gasteiger partial charge in [-0.25, -0.2) is 0 Å². The Morgan fingerprint density at radius 2 is 1.20 bits per heavy atom. The molecule has 0 saturated carbocycles. The maximum Gasteiger partial charge on any atom is 0 e. The molecule has 0 saturated heterocycles. The van der Waals surface area contributed by atoms with E-state index in [-0.39, 0.29) is 111 Å². The monoisotopic (exact) mass is 409 g/mol. The van der Waals surface area contributed by atoms with Crippen LogP contribution >= 0.6 is 0 Å². The molecule has 1 nitrogen and oxygen atoms in total. The number of hydrogen-bond donors (Lipinski definition) is 0. The van der Waals surface area contributed by atoms with Gasteiger partial charge in [0.2, 0.25) is 0 Å². The van der Waals surface area contributed by atoms with Gasteiger partial charge >= 0.3 is 19.8 Å². The molecule has 0 bridgehead atoms. The minimum Gasteiger partial charge on any atom is 0 e. The van der Waals surface area contributed by atoms with Crippen LogP contribution in [0.2, 0.25) is 0 Å². The molecule has 5 heavy (non-hydrogen) atoms. The van der Waals surface area contributed by atoms with E-state index in [1.165, 1.54) is 0 Å². The Bertz CT molecular complexity index is 11.6. The zero-order valence-corrected chi connectivity index (χ0v) is 15.0. The van der Waals surface area contributed by atoms with E-state index in [2.05, 4.69) is 15.9 Å². The molecule has 0 rings (SSSR count). The number of rotatable bonds is 0. The molecule has 0 atom stereocenters. The first kappa shape index (κ1) is 23.0. The SMILES string of the molecule is [Ca].[Hg].[O]=[Cu].[Sr]. The summed E-state index contributed by atoms with van der Waals surface area (Å²) >= 11 is 2.94. The molecular weight excluding hydrogens is 408 g/mol. The Morgan fingerprint density at radius 1 is 1.20 bits per heavy atom. The largest absolute Gasteiger partial charge is 0 e. The van der Waals surface area contributed by atoms with Gasteiger partial charge in [-0.05, 0) is 0 Å². The van der Waals surface area contributed by atoms with Crippen molar-refractivity contribution >= 4 is 83.2 Å². The third-order valence-electron chi connectivity index (χ3n) is 0. The molecule has 0 amide bonds. The molecule has 0 heterocycles. The van der Waals surface area contributed by atoms with E-state index in [0.29, 0.717) is 0 Å². The zero-order valence-electron chi connectivity index (χ0n) is 2.83. The predicted octanol–water partition coefficient (Wildman–Crippen LogP) is -0.885. The van der Waals surface area contributed by atoms with Crippen molar-refractivity contribution in [3.8, 4) is 0 Å². The Hall–Kier alpha value is 3.99. The molecule has 0 N–H and O–H groups in total. The molecule has 4 radical (unpaired) electrons. The second-order valence-electron chi connectivity index (χ2n) is 0. The van der Waals surface area contributed by atoms with E-state index < -0.39 is 0 Å². The summed E-state index contributed by atoms with van der Waals surface area (Å²) < 4.78 is 7.81. The van der Waals surface area contributed by atoms with Gasteiger partial charge in [-0.1, -0.05) is 0 Å².